The van der Waals surface area contributed by atoms with Gasteiger partial charge in [0.05, 0.1) is 6.54 Å². The number of likely N-dealkylation sites (N-methyl/N-ethyl adjacent to an activating group) is 1. The number of nitrogens with one attached hydrogen (secondary N) is 1. The second-order valence-electron chi connectivity index (χ2n) is 5.84. The zero-order chi connectivity index (χ0) is 18.4. The van der Waals surface area contributed by atoms with Crippen LogP contribution in [0.4, 0.5) is 10.1 Å². The Balaban J connectivity index is 1.82. The minimum atomic E-state index is -0.441. The van der Waals surface area contributed by atoms with Crippen LogP contribution in [0.3, 0.4) is 0 Å². The van der Waals surface area contributed by atoms with Gasteiger partial charge < -0.3 is 15.0 Å². The number of hydrogen-bond donors (Lipinski definition) is 1. The van der Waals surface area contributed by atoms with E-state index < -0.39 is 11.7 Å². The third kappa shape index (κ3) is 5.60. The van der Waals surface area contributed by atoms with Crippen molar-refractivity contribution in [3.63, 3.8) is 0 Å². The average Bonchev–Trinajstić information content (AvgIpc) is 2.55. The molecule has 2 rings (SSSR count). The Bertz CT molecular complexity index is 777. The normalized spacial score (nSPS) is 10.2. The van der Waals surface area contributed by atoms with Crippen LogP contribution in [0.5, 0.6) is 5.75 Å². The molecule has 132 valence electrons. The summed E-state index contributed by atoms with van der Waals surface area (Å²) in [6.45, 7) is 3.65. The molecule has 0 aliphatic rings. The van der Waals surface area contributed by atoms with Crippen molar-refractivity contribution >= 4 is 17.5 Å². The molecule has 0 aromatic heterocycles. The van der Waals surface area contributed by atoms with Crippen LogP contribution in [0.1, 0.15) is 11.1 Å². The minimum absolute atomic E-state index is 0.147. The molecular weight excluding hydrogens is 323 g/mol. The van der Waals surface area contributed by atoms with Gasteiger partial charge in [-0.1, -0.05) is 12.1 Å². The van der Waals surface area contributed by atoms with E-state index in [2.05, 4.69) is 5.32 Å². The zero-order valence-corrected chi connectivity index (χ0v) is 14.5. The van der Waals surface area contributed by atoms with Gasteiger partial charge in [0.2, 0.25) is 5.91 Å². The Hall–Kier alpha value is -2.89. The van der Waals surface area contributed by atoms with Crippen LogP contribution < -0.4 is 10.1 Å². The first kappa shape index (κ1) is 18.4. The van der Waals surface area contributed by atoms with Gasteiger partial charge in [-0.25, -0.2) is 4.39 Å². The summed E-state index contributed by atoms with van der Waals surface area (Å²) in [7, 11) is 1.51. The predicted octanol–water partition coefficient (Wildman–Crippen LogP) is 2.92. The number of amides is 2. The van der Waals surface area contributed by atoms with Gasteiger partial charge in [0, 0.05) is 12.7 Å². The summed E-state index contributed by atoms with van der Waals surface area (Å²) in [6, 6.07) is 11.2. The van der Waals surface area contributed by atoms with Crippen LogP contribution in [-0.2, 0) is 9.59 Å². The monoisotopic (exact) mass is 344 g/mol. The van der Waals surface area contributed by atoms with Crippen LogP contribution in [-0.4, -0.2) is 36.9 Å². The van der Waals surface area contributed by atoms with Crippen molar-refractivity contribution in [3.8, 4) is 5.75 Å². The van der Waals surface area contributed by atoms with Gasteiger partial charge in [-0.15, -0.1) is 0 Å². The van der Waals surface area contributed by atoms with Gasteiger partial charge in [0.15, 0.2) is 6.61 Å². The highest BCUT2D eigenvalue weighted by Gasteiger charge is 2.14. The second-order valence-corrected chi connectivity index (χ2v) is 5.84. The lowest BCUT2D eigenvalue weighted by Gasteiger charge is -2.17. The molecule has 5 nitrogen and oxygen atoms in total. The van der Waals surface area contributed by atoms with E-state index in [1.165, 1.54) is 30.1 Å². The Kier molecular flexibility index (Phi) is 6.11. The van der Waals surface area contributed by atoms with Crippen molar-refractivity contribution < 1.29 is 18.7 Å². The molecule has 0 atom stereocenters. The molecule has 0 heterocycles. The first-order valence-electron chi connectivity index (χ1n) is 7.84. The molecule has 0 aliphatic carbocycles. The first-order valence-corrected chi connectivity index (χ1v) is 7.84. The quantitative estimate of drug-likeness (QED) is 0.877. The number of anilines is 1. The Morgan fingerprint density at radius 2 is 1.88 bits per heavy atom. The fourth-order valence-electron chi connectivity index (χ4n) is 2.13. The summed E-state index contributed by atoms with van der Waals surface area (Å²) in [5.74, 6) is -0.571. The molecule has 0 radical (unpaired) electrons. The van der Waals surface area contributed by atoms with E-state index in [-0.39, 0.29) is 19.1 Å². The third-order valence-corrected chi connectivity index (χ3v) is 3.76. The summed E-state index contributed by atoms with van der Waals surface area (Å²) in [6.07, 6.45) is 0. The highest BCUT2D eigenvalue weighted by Crippen LogP contribution is 2.16. The summed E-state index contributed by atoms with van der Waals surface area (Å²) in [4.78, 5) is 25.3. The molecule has 1 N–H and O–H groups in total. The fraction of sp³-hybridized carbons (Fsp3) is 0.263. The maximum absolute atomic E-state index is 13.1. The number of carbonyl (C=O) groups excluding carboxylic acids is 2. The molecule has 0 aliphatic heterocycles. The van der Waals surface area contributed by atoms with Crippen molar-refractivity contribution in [3.05, 3.63) is 59.4 Å². The molecule has 0 unspecified atom stereocenters. The Morgan fingerprint density at radius 3 is 2.56 bits per heavy atom. The number of halogens is 1. The average molecular weight is 344 g/mol. The van der Waals surface area contributed by atoms with E-state index >= 15 is 0 Å². The fourth-order valence-corrected chi connectivity index (χ4v) is 2.13. The lowest BCUT2D eigenvalue weighted by atomic mass is 10.1. The van der Waals surface area contributed by atoms with Crippen molar-refractivity contribution in [2.24, 2.45) is 0 Å². The van der Waals surface area contributed by atoms with Crippen LogP contribution in [0.25, 0.3) is 0 Å². The summed E-state index contributed by atoms with van der Waals surface area (Å²) >= 11 is 0. The van der Waals surface area contributed by atoms with E-state index in [1.807, 2.05) is 26.0 Å². The van der Waals surface area contributed by atoms with Crippen LogP contribution >= 0.6 is 0 Å². The van der Waals surface area contributed by atoms with E-state index in [1.54, 1.807) is 12.1 Å². The number of carbonyl (C=O) groups is 2. The zero-order valence-electron chi connectivity index (χ0n) is 14.5. The second kappa shape index (κ2) is 8.28. The largest absolute Gasteiger partial charge is 0.484 e. The van der Waals surface area contributed by atoms with E-state index in [4.69, 9.17) is 4.74 Å². The summed E-state index contributed by atoms with van der Waals surface area (Å²) < 4.78 is 18.6. The lowest BCUT2D eigenvalue weighted by Crippen LogP contribution is -2.37. The number of hydrogen-bond acceptors (Lipinski definition) is 3. The van der Waals surface area contributed by atoms with Gasteiger partial charge >= 0.3 is 0 Å². The maximum Gasteiger partial charge on any atom is 0.260 e. The van der Waals surface area contributed by atoms with Crippen molar-refractivity contribution in [2.45, 2.75) is 13.8 Å². The molecular formula is C19H21FN2O3. The van der Waals surface area contributed by atoms with Gasteiger partial charge in [0.25, 0.3) is 5.91 Å². The highest BCUT2D eigenvalue weighted by atomic mass is 19.1. The van der Waals surface area contributed by atoms with E-state index in [0.29, 0.717) is 11.4 Å². The third-order valence-electron chi connectivity index (χ3n) is 3.76. The van der Waals surface area contributed by atoms with Crippen molar-refractivity contribution in [1.29, 1.82) is 0 Å². The molecule has 2 aromatic carbocycles. The van der Waals surface area contributed by atoms with Gasteiger partial charge in [-0.05, 0) is 55.3 Å². The van der Waals surface area contributed by atoms with Gasteiger partial charge in [-0.2, -0.15) is 0 Å². The lowest BCUT2D eigenvalue weighted by molar-refractivity contribution is -0.135. The van der Waals surface area contributed by atoms with Crippen LogP contribution in [0, 0.1) is 19.7 Å². The topological polar surface area (TPSA) is 58.6 Å². The Labute approximate surface area is 146 Å². The number of nitrogens with zero attached hydrogens (tertiary/aromatic N) is 1. The number of benzene rings is 2. The molecule has 0 fully saturated rings. The van der Waals surface area contributed by atoms with Crippen LogP contribution in [0.15, 0.2) is 42.5 Å². The SMILES string of the molecule is Cc1ccc(OCC(=O)N(C)CC(=O)Nc2cccc(F)c2)cc1C. The molecule has 0 saturated heterocycles. The molecule has 0 saturated carbocycles. The summed E-state index contributed by atoms with van der Waals surface area (Å²) in [5.41, 5.74) is 2.56. The van der Waals surface area contributed by atoms with E-state index in [0.717, 1.165) is 11.1 Å². The molecule has 2 amide bonds. The Morgan fingerprint density at radius 1 is 1.12 bits per heavy atom. The number of ether oxygens (including phenoxy) is 1. The summed E-state index contributed by atoms with van der Waals surface area (Å²) in [5, 5.41) is 2.54. The molecule has 6 heteroatoms. The molecule has 25 heavy (non-hydrogen) atoms. The van der Waals surface area contributed by atoms with Crippen molar-refractivity contribution in [2.75, 3.05) is 25.5 Å². The van der Waals surface area contributed by atoms with Crippen molar-refractivity contribution in [1.82, 2.24) is 4.90 Å². The predicted molar refractivity (Wildman–Crippen MR) is 94.1 cm³/mol. The number of rotatable bonds is 6. The number of aryl methyl sites for hydroxylation is 2. The van der Waals surface area contributed by atoms with E-state index in [9.17, 15) is 14.0 Å². The first-order chi connectivity index (χ1) is 11.8. The molecule has 2 aromatic rings. The molecule has 0 bridgehead atoms. The smallest absolute Gasteiger partial charge is 0.260 e. The standard InChI is InChI=1S/C19H21FN2O3/c1-13-7-8-17(9-14(13)2)25-12-19(24)22(3)11-18(23)21-16-6-4-5-15(20)10-16/h4-10H,11-12H2,1-3H3,(H,21,23). The van der Waals surface area contributed by atoms with Crippen LogP contribution in [0.2, 0.25) is 0 Å². The van der Waals surface area contributed by atoms with Gasteiger partial charge in [0.1, 0.15) is 11.6 Å². The minimum Gasteiger partial charge on any atom is -0.484 e. The highest BCUT2D eigenvalue weighted by molar-refractivity contribution is 5.94. The molecule has 0 spiro atoms. The van der Waals surface area contributed by atoms with Gasteiger partial charge in [-0.3, -0.25) is 9.59 Å². The maximum atomic E-state index is 13.1.